The highest BCUT2D eigenvalue weighted by atomic mass is 35.5. The van der Waals surface area contributed by atoms with Crippen molar-refractivity contribution in [2.45, 2.75) is 35.0 Å². The van der Waals surface area contributed by atoms with E-state index >= 15 is 0 Å². The lowest BCUT2D eigenvalue weighted by molar-refractivity contribution is -0.412. The van der Waals surface area contributed by atoms with Gasteiger partial charge in [-0.1, -0.05) is 0 Å². The predicted octanol–water partition coefficient (Wildman–Crippen LogP) is 4.49. The van der Waals surface area contributed by atoms with Gasteiger partial charge >= 0.3 is 41.0 Å². The normalized spacial score (nSPS) is 15.9. The lowest BCUT2D eigenvalue weighted by atomic mass is 9.94. The van der Waals surface area contributed by atoms with Crippen molar-refractivity contribution in [3.63, 3.8) is 0 Å². The van der Waals surface area contributed by atoms with Gasteiger partial charge in [-0.25, -0.2) is 0 Å². The maximum Gasteiger partial charge on any atom is 0.404 e. The first-order valence-corrected chi connectivity index (χ1v) is 4.73. The molecule has 15 heteroatoms. The second-order valence-electron chi connectivity index (χ2n) is 3.64. The van der Waals surface area contributed by atoms with E-state index < -0.39 is 41.0 Å². The van der Waals surface area contributed by atoms with Crippen LogP contribution in [0.25, 0.3) is 0 Å². The molecule has 0 heterocycles. The number of hydrogen-bond donors (Lipinski definition) is 0. The van der Waals surface area contributed by atoms with Gasteiger partial charge in [0.05, 0.1) is 0 Å². The number of carbonyl (C=O) groups excluding carboxylic acids is 1. The molecule has 0 atom stereocenters. The second-order valence-corrected chi connectivity index (χ2v) is 4.12. The first kappa shape index (κ1) is 21.0. The quantitative estimate of drug-likeness (QED) is 0.376. The molecule has 0 radical (unpaired) electrons. The zero-order valence-electron chi connectivity index (χ0n) is 9.20. The van der Waals surface area contributed by atoms with Crippen LogP contribution in [0.4, 0.5) is 57.1 Å². The molecule has 0 aromatic carbocycles. The first-order chi connectivity index (χ1) is 9.19. The van der Waals surface area contributed by atoms with Crippen molar-refractivity contribution in [2.75, 3.05) is 0 Å². The SMILES string of the molecule is O=C(F)C(F)(F)C(F)(F)C(F)(F)C(F)(F)C(F)(F)C(F)(F)Cl. The number of carbonyl (C=O) groups is 1. The van der Waals surface area contributed by atoms with Crippen molar-refractivity contribution in [3.8, 4) is 0 Å². The molecule has 0 amide bonds. The van der Waals surface area contributed by atoms with Gasteiger partial charge < -0.3 is 0 Å². The van der Waals surface area contributed by atoms with Gasteiger partial charge in [-0.15, -0.1) is 0 Å². The van der Waals surface area contributed by atoms with Crippen LogP contribution in [0.2, 0.25) is 0 Å². The summed E-state index contributed by atoms with van der Waals surface area (Å²) in [6.07, 6.45) is 0. The Morgan fingerprint density at radius 1 is 0.591 bits per heavy atom. The topological polar surface area (TPSA) is 17.1 Å². The Hall–Kier alpha value is -0.950. The smallest absolute Gasteiger partial charge is 0.254 e. The van der Waals surface area contributed by atoms with E-state index in [0.29, 0.717) is 0 Å². The number of alkyl halides is 13. The molecule has 0 N–H and O–H groups in total. The van der Waals surface area contributed by atoms with E-state index in [4.69, 9.17) is 0 Å². The fraction of sp³-hybridized carbons (Fsp3) is 0.857. The Balaban J connectivity index is 6.29. The van der Waals surface area contributed by atoms with Crippen molar-refractivity contribution in [2.24, 2.45) is 0 Å². The third-order valence-electron chi connectivity index (χ3n) is 2.18. The molecular weight excluding hydrogens is 383 g/mol. The highest BCUT2D eigenvalue weighted by Gasteiger charge is 2.91. The maximum absolute atomic E-state index is 12.7. The van der Waals surface area contributed by atoms with Gasteiger partial charge in [-0.05, 0) is 11.6 Å². The van der Waals surface area contributed by atoms with Crippen LogP contribution in [0.5, 0.6) is 0 Å². The summed E-state index contributed by atoms with van der Waals surface area (Å²) in [5, 5.41) is -6.58. The summed E-state index contributed by atoms with van der Waals surface area (Å²) >= 11 is 3.37. The van der Waals surface area contributed by atoms with Gasteiger partial charge in [-0.3, -0.25) is 4.79 Å². The van der Waals surface area contributed by atoms with E-state index in [1.165, 1.54) is 0 Å². The Bertz CT molecular complexity index is 450. The molecule has 0 aliphatic rings. The molecule has 0 aliphatic carbocycles. The number of rotatable bonds is 6. The second kappa shape index (κ2) is 5.03. The summed E-state index contributed by atoms with van der Waals surface area (Å²) in [5.41, 5.74) is 0. The van der Waals surface area contributed by atoms with Crippen LogP contribution in [-0.4, -0.2) is 41.0 Å². The van der Waals surface area contributed by atoms with Gasteiger partial charge in [0.25, 0.3) is 0 Å². The molecule has 1 nitrogen and oxygen atoms in total. The summed E-state index contributed by atoms with van der Waals surface area (Å²) in [6.45, 7) is 0. The van der Waals surface area contributed by atoms with Gasteiger partial charge in [0.15, 0.2) is 0 Å². The van der Waals surface area contributed by atoms with Crippen LogP contribution in [0.15, 0.2) is 0 Å². The van der Waals surface area contributed by atoms with Crippen LogP contribution in [-0.2, 0) is 4.79 Å². The van der Waals surface area contributed by atoms with Crippen LogP contribution in [0, 0.1) is 0 Å². The largest absolute Gasteiger partial charge is 0.404 e. The number of hydrogen-bond acceptors (Lipinski definition) is 1. The summed E-state index contributed by atoms with van der Waals surface area (Å²) in [6, 6.07) is -4.59. The van der Waals surface area contributed by atoms with E-state index in [2.05, 4.69) is 11.6 Å². The molecule has 0 aromatic rings. The van der Waals surface area contributed by atoms with E-state index in [1.807, 2.05) is 0 Å². The molecule has 0 spiro atoms. The fourth-order valence-corrected chi connectivity index (χ4v) is 1.01. The molecule has 22 heavy (non-hydrogen) atoms. The van der Waals surface area contributed by atoms with E-state index in [0.717, 1.165) is 0 Å². The van der Waals surface area contributed by atoms with Gasteiger partial charge in [-0.2, -0.15) is 57.1 Å². The molecule has 0 saturated carbocycles. The van der Waals surface area contributed by atoms with Crippen LogP contribution in [0.3, 0.4) is 0 Å². The van der Waals surface area contributed by atoms with Crippen LogP contribution in [0.1, 0.15) is 0 Å². The van der Waals surface area contributed by atoms with Crippen molar-refractivity contribution in [1.29, 1.82) is 0 Å². The minimum atomic E-state index is -7.99. The fourth-order valence-electron chi connectivity index (χ4n) is 0.893. The lowest BCUT2D eigenvalue weighted by Crippen LogP contribution is -2.70. The molecule has 0 unspecified atom stereocenters. The van der Waals surface area contributed by atoms with Crippen molar-refractivity contribution in [1.82, 2.24) is 0 Å². The van der Waals surface area contributed by atoms with Crippen LogP contribution >= 0.6 is 11.6 Å². The average Bonchev–Trinajstić information content (AvgIpc) is 2.25. The van der Waals surface area contributed by atoms with Gasteiger partial charge in [0, 0.05) is 0 Å². The molecule has 0 rings (SSSR count). The standard InChI is InChI=1S/C7ClF13O/c8-7(20,21)6(18,19)5(16,17)4(14,15)3(12,13)2(10,11)1(9)22. The predicted molar refractivity (Wildman–Crippen MR) is 41.7 cm³/mol. The molecule has 0 aromatic heterocycles. The molecular formula is C7ClF13O. The highest BCUT2D eigenvalue weighted by Crippen LogP contribution is 2.60. The minimum absolute atomic E-state index is 3.37. The Labute approximate surface area is 116 Å². The van der Waals surface area contributed by atoms with Crippen molar-refractivity contribution < 1.29 is 61.9 Å². The maximum atomic E-state index is 12.7. The Morgan fingerprint density at radius 2 is 0.864 bits per heavy atom. The molecule has 0 fully saturated rings. The zero-order chi connectivity index (χ0) is 18.6. The van der Waals surface area contributed by atoms with Gasteiger partial charge in [0.2, 0.25) is 0 Å². The molecule has 132 valence electrons. The summed E-state index contributed by atoms with van der Waals surface area (Å²) in [4.78, 5) is 9.50. The third kappa shape index (κ3) is 2.48. The zero-order valence-corrected chi connectivity index (χ0v) is 9.96. The van der Waals surface area contributed by atoms with Crippen molar-refractivity contribution in [3.05, 3.63) is 0 Å². The summed E-state index contributed by atoms with van der Waals surface area (Å²) < 4.78 is 161. The Morgan fingerprint density at radius 3 is 1.09 bits per heavy atom. The van der Waals surface area contributed by atoms with E-state index in [-0.39, 0.29) is 0 Å². The minimum Gasteiger partial charge on any atom is -0.254 e. The van der Waals surface area contributed by atoms with E-state index in [9.17, 15) is 61.9 Å². The van der Waals surface area contributed by atoms with E-state index in [1.54, 1.807) is 0 Å². The Kier molecular flexibility index (Phi) is 4.81. The monoisotopic (exact) mass is 382 g/mol. The van der Waals surface area contributed by atoms with Crippen molar-refractivity contribution >= 4 is 17.6 Å². The number of halogens is 14. The average molecular weight is 383 g/mol. The summed E-state index contributed by atoms with van der Waals surface area (Å²) in [7, 11) is 0. The molecule has 0 saturated heterocycles. The third-order valence-corrected chi connectivity index (χ3v) is 2.42. The molecule has 0 aliphatic heterocycles. The van der Waals surface area contributed by atoms with Gasteiger partial charge in [0.1, 0.15) is 0 Å². The highest BCUT2D eigenvalue weighted by molar-refractivity contribution is 6.22. The lowest BCUT2D eigenvalue weighted by Gasteiger charge is -2.38. The first-order valence-electron chi connectivity index (χ1n) is 4.35. The summed E-state index contributed by atoms with van der Waals surface area (Å²) in [5.74, 6) is -38.4. The van der Waals surface area contributed by atoms with Crippen LogP contribution < -0.4 is 0 Å². The molecule has 0 bridgehead atoms.